The molecule has 34 heavy (non-hydrogen) atoms. The van der Waals surface area contributed by atoms with Gasteiger partial charge in [-0.2, -0.15) is 0 Å². The lowest BCUT2D eigenvalue weighted by molar-refractivity contribution is 0.0954. The second-order valence-corrected chi connectivity index (χ2v) is 9.74. The Morgan fingerprint density at radius 3 is 2.53 bits per heavy atom. The van der Waals surface area contributed by atoms with E-state index in [1.165, 1.54) is 5.56 Å². The standard InChI is InChI=1S/C28H30ClN3O2/c1-28(2,3)21-11-13-23(14-12-21)34-18-17-32-25-10-5-4-9-24(25)31-26(32)15-16-30-27(33)20-7-6-8-22(29)19-20/h4-14,19H,15-18H2,1-3H3,(H,30,33). The van der Waals surface area contributed by atoms with E-state index in [0.717, 1.165) is 22.6 Å². The monoisotopic (exact) mass is 475 g/mol. The number of hydrogen-bond donors (Lipinski definition) is 1. The van der Waals surface area contributed by atoms with Crippen molar-refractivity contribution < 1.29 is 9.53 Å². The second-order valence-electron chi connectivity index (χ2n) is 9.31. The quantitative estimate of drug-likeness (QED) is 0.338. The Balaban J connectivity index is 1.40. The van der Waals surface area contributed by atoms with Crippen molar-refractivity contribution in [3.8, 4) is 5.75 Å². The molecule has 6 heteroatoms. The molecule has 3 aromatic carbocycles. The third-order valence-electron chi connectivity index (χ3n) is 5.76. The Kier molecular flexibility index (Phi) is 7.23. The maximum Gasteiger partial charge on any atom is 0.251 e. The van der Waals surface area contributed by atoms with Gasteiger partial charge in [-0.05, 0) is 53.4 Å². The number of hydrogen-bond acceptors (Lipinski definition) is 3. The number of nitrogens with zero attached hydrogens (tertiary/aromatic N) is 2. The van der Waals surface area contributed by atoms with E-state index >= 15 is 0 Å². The van der Waals surface area contributed by atoms with Crippen molar-refractivity contribution in [2.24, 2.45) is 0 Å². The number of carbonyl (C=O) groups excluding carboxylic acids is 1. The molecule has 0 fully saturated rings. The highest BCUT2D eigenvalue weighted by molar-refractivity contribution is 6.30. The first-order valence-corrected chi connectivity index (χ1v) is 11.9. The lowest BCUT2D eigenvalue weighted by atomic mass is 9.87. The first-order chi connectivity index (χ1) is 16.3. The summed E-state index contributed by atoms with van der Waals surface area (Å²) >= 11 is 6.00. The molecule has 0 spiro atoms. The second kappa shape index (κ2) is 10.3. The zero-order valence-corrected chi connectivity index (χ0v) is 20.6. The minimum Gasteiger partial charge on any atom is -0.492 e. The van der Waals surface area contributed by atoms with Crippen LogP contribution in [0.15, 0.2) is 72.8 Å². The van der Waals surface area contributed by atoms with E-state index in [4.69, 9.17) is 21.3 Å². The summed E-state index contributed by atoms with van der Waals surface area (Å²) in [5.74, 6) is 1.62. The number of nitrogens with one attached hydrogen (secondary N) is 1. The van der Waals surface area contributed by atoms with E-state index in [2.05, 4.69) is 48.9 Å². The predicted molar refractivity (Wildman–Crippen MR) is 138 cm³/mol. The van der Waals surface area contributed by atoms with E-state index in [1.54, 1.807) is 24.3 Å². The van der Waals surface area contributed by atoms with Crippen LogP contribution in [-0.2, 0) is 18.4 Å². The molecule has 0 aliphatic carbocycles. The van der Waals surface area contributed by atoms with Crippen LogP contribution in [0.4, 0.5) is 0 Å². The smallest absolute Gasteiger partial charge is 0.251 e. The molecule has 0 unspecified atom stereocenters. The minimum atomic E-state index is -0.146. The summed E-state index contributed by atoms with van der Waals surface area (Å²) in [7, 11) is 0. The molecule has 1 aromatic heterocycles. The molecule has 5 nitrogen and oxygen atoms in total. The van der Waals surface area contributed by atoms with Crippen molar-refractivity contribution in [2.75, 3.05) is 13.2 Å². The molecule has 176 valence electrons. The fourth-order valence-electron chi connectivity index (χ4n) is 3.89. The van der Waals surface area contributed by atoms with Crippen molar-refractivity contribution in [3.63, 3.8) is 0 Å². The summed E-state index contributed by atoms with van der Waals surface area (Å²) in [6, 6.07) is 23.3. The van der Waals surface area contributed by atoms with Crippen LogP contribution >= 0.6 is 11.6 Å². The molecule has 0 radical (unpaired) electrons. The summed E-state index contributed by atoms with van der Waals surface area (Å²) in [4.78, 5) is 17.2. The van der Waals surface area contributed by atoms with Crippen molar-refractivity contribution in [1.29, 1.82) is 0 Å². The van der Waals surface area contributed by atoms with Crippen molar-refractivity contribution in [2.45, 2.75) is 39.2 Å². The van der Waals surface area contributed by atoms with Gasteiger partial charge in [0.1, 0.15) is 18.2 Å². The normalized spacial score (nSPS) is 11.5. The molecule has 0 bridgehead atoms. The number of ether oxygens (including phenoxy) is 1. The van der Waals surface area contributed by atoms with Crippen LogP contribution in [0.25, 0.3) is 11.0 Å². The maximum absolute atomic E-state index is 12.4. The third kappa shape index (κ3) is 5.78. The van der Waals surface area contributed by atoms with Gasteiger partial charge in [0.15, 0.2) is 0 Å². The Hall–Kier alpha value is -3.31. The molecule has 1 amide bonds. The number of halogens is 1. The highest BCUT2D eigenvalue weighted by Crippen LogP contribution is 2.24. The van der Waals surface area contributed by atoms with E-state index in [9.17, 15) is 4.79 Å². The highest BCUT2D eigenvalue weighted by atomic mass is 35.5. The van der Waals surface area contributed by atoms with Gasteiger partial charge < -0.3 is 14.6 Å². The van der Waals surface area contributed by atoms with Crippen LogP contribution in [0.1, 0.15) is 42.5 Å². The van der Waals surface area contributed by atoms with E-state index < -0.39 is 0 Å². The molecule has 0 aliphatic heterocycles. The number of para-hydroxylation sites is 2. The molecule has 4 rings (SSSR count). The van der Waals surface area contributed by atoms with Gasteiger partial charge in [0.25, 0.3) is 5.91 Å². The average Bonchev–Trinajstić information content (AvgIpc) is 3.16. The van der Waals surface area contributed by atoms with E-state index in [0.29, 0.717) is 36.7 Å². The van der Waals surface area contributed by atoms with E-state index in [1.807, 2.05) is 30.3 Å². The van der Waals surface area contributed by atoms with Gasteiger partial charge in [-0.15, -0.1) is 0 Å². The molecule has 0 saturated heterocycles. The van der Waals surface area contributed by atoms with Crippen LogP contribution in [-0.4, -0.2) is 28.6 Å². The number of amides is 1. The van der Waals surface area contributed by atoms with Crippen LogP contribution in [0.5, 0.6) is 5.75 Å². The maximum atomic E-state index is 12.4. The Morgan fingerprint density at radius 2 is 1.79 bits per heavy atom. The van der Waals surface area contributed by atoms with Crippen LogP contribution in [0.3, 0.4) is 0 Å². The zero-order chi connectivity index (χ0) is 24.1. The minimum absolute atomic E-state index is 0.116. The molecule has 0 aliphatic rings. The summed E-state index contributed by atoms with van der Waals surface area (Å²) < 4.78 is 8.20. The average molecular weight is 476 g/mol. The van der Waals surface area contributed by atoms with Gasteiger partial charge in [-0.3, -0.25) is 4.79 Å². The lowest BCUT2D eigenvalue weighted by Gasteiger charge is -2.19. The zero-order valence-electron chi connectivity index (χ0n) is 19.8. The number of benzene rings is 3. The van der Waals surface area contributed by atoms with Gasteiger partial charge in [0.2, 0.25) is 0 Å². The van der Waals surface area contributed by atoms with Gasteiger partial charge in [-0.1, -0.05) is 62.7 Å². The largest absolute Gasteiger partial charge is 0.492 e. The van der Waals surface area contributed by atoms with Crippen molar-refractivity contribution in [3.05, 3.63) is 94.8 Å². The topological polar surface area (TPSA) is 56.1 Å². The lowest BCUT2D eigenvalue weighted by Crippen LogP contribution is -2.26. The predicted octanol–water partition coefficient (Wildman–Crippen LogP) is 6.04. The van der Waals surface area contributed by atoms with Gasteiger partial charge >= 0.3 is 0 Å². The molecule has 0 saturated carbocycles. The van der Waals surface area contributed by atoms with Crippen molar-refractivity contribution >= 4 is 28.5 Å². The fourth-order valence-corrected chi connectivity index (χ4v) is 4.08. The number of rotatable bonds is 8. The fraction of sp³-hybridized carbons (Fsp3) is 0.286. The molecule has 1 N–H and O–H groups in total. The van der Waals surface area contributed by atoms with Crippen LogP contribution in [0, 0.1) is 0 Å². The van der Waals surface area contributed by atoms with E-state index in [-0.39, 0.29) is 11.3 Å². The molecular formula is C28H30ClN3O2. The number of imidazole rings is 1. The molecule has 0 atom stereocenters. The van der Waals surface area contributed by atoms with Gasteiger partial charge in [0.05, 0.1) is 17.6 Å². The van der Waals surface area contributed by atoms with Gasteiger partial charge in [-0.25, -0.2) is 4.98 Å². The van der Waals surface area contributed by atoms with Crippen molar-refractivity contribution in [1.82, 2.24) is 14.9 Å². The third-order valence-corrected chi connectivity index (χ3v) is 5.99. The Labute approximate surface area is 205 Å². The van der Waals surface area contributed by atoms with Gasteiger partial charge in [0, 0.05) is 23.6 Å². The number of carbonyl (C=O) groups is 1. The molecule has 1 heterocycles. The first-order valence-electron chi connectivity index (χ1n) is 11.5. The summed E-state index contributed by atoms with van der Waals surface area (Å²) in [5.41, 5.74) is 3.94. The first kappa shape index (κ1) is 23.8. The Morgan fingerprint density at radius 1 is 1.03 bits per heavy atom. The number of fused-ring (bicyclic) bond motifs is 1. The summed E-state index contributed by atoms with van der Waals surface area (Å²) in [6.07, 6.45) is 0.612. The molecular weight excluding hydrogens is 446 g/mol. The Bertz CT molecular complexity index is 1270. The molecule has 4 aromatic rings. The van der Waals surface area contributed by atoms with Crippen LogP contribution in [0.2, 0.25) is 5.02 Å². The highest BCUT2D eigenvalue weighted by Gasteiger charge is 2.14. The summed E-state index contributed by atoms with van der Waals surface area (Å²) in [5, 5.41) is 3.51. The number of aromatic nitrogens is 2. The SMILES string of the molecule is CC(C)(C)c1ccc(OCCn2c(CCNC(=O)c3cccc(Cl)c3)nc3ccccc32)cc1. The summed E-state index contributed by atoms with van der Waals surface area (Å²) in [6.45, 7) is 8.27. The van der Waals surface area contributed by atoms with Crippen LogP contribution < -0.4 is 10.1 Å².